The van der Waals surface area contributed by atoms with Crippen molar-refractivity contribution in [1.82, 2.24) is 9.80 Å². The van der Waals surface area contributed by atoms with Gasteiger partial charge in [-0.3, -0.25) is 14.4 Å². The molecule has 2 rings (SSSR count). The molecule has 1 heterocycles. The SMILES string of the molecule is CC(=O)N(CCC(=O)N1CCN(C=O)CC1)c1ccc(Cl)cc1Cl. The van der Waals surface area contributed by atoms with Crippen LogP contribution in [0.1, 0.15) is 13.3 Å². The molecule has 1 fully saturated rings. The Hall–Kier alpha value is -1.79. The van der Waals surface area contributed by atoms with Crippen LogP contribution in [0.2, 0.25) is 10.0 Å². The zero-order valence-corrected chi connectivity index (χ0v) is 14.9. The van der Waals surface area contributed by atoms with Crippen molar-refractivity contribution in [2.75, 3.05) is 37.6 Å². The Labute approximate surface area is 150 Å². The smallest absolute Gasteiger partial charge is 0.224 e. The van der Waals surface area contributed by atoms with Gasteiger partial charge in [-0.1, -0.05) is 23.2 Å². The Morgan fingerprint density at radius 1 is 1.21 bits per heavy atom. The van der Waals surface area contributed by atoms with Gasteiger partial charge in [0, 0.05) is 51.1 Å². The molecule has 0 N–H and O–H groups in total. The molecule has 0 aromatic heterocycles. The van der Waals surface area contributed by atoms with Crippen molar-refractivity contribution in [3.8, 4) is 0 Å². The van der Waals surface area contributed by atoms with Crippen LogP contribution in [-0.4, -0.2) is 60.7 Å². The summed E-state index contributed by atoms with van der Waals surface area (Å²) in [5.41, 5.74) is 0.534. The summed E-state index contributed by atoms with van der Waals surface area (Å²) in [5, 5.41) is 0.848. The molecule has 24 heavy (non-hydrogen) atoms. The average Bonchev–Trinajstić information content (AvgIpc) is 2.56. The molecular formula is C16H19Cl2N3O3. The molecule has 1 aromatic carbocycles. The summed E-state index contributed by atoms with van der Waals surface area (Å²) in [4.78, 5) is 39.7. The fourth-order valence-corrected chi connectivity index (χ4v) is 3.10. The number of carbonyl (C=O) groups is 3. The number of rotatable bonds is 5. The Balaban J connectivity index is 1.98. The number of hydrogen-bond acceptors (Lipinski definition) is 3. The predicted octanol–water partition coefficient (Wildman–Crippen LogP) is 2.04. The first-order chi connectivity index (χ1) is 11.4. The second-order valence-electron chi connectivity index (χ2n) is 5.54. The molecule has 0 saturated carbocycles. The Morgan fingerprint density at radius 2 is 1.88 bits per heavy atom. The highest BCUT2D eigenvalue weighted by Crippen LogP contribution is 2.29. The summed E-state index contributed by atoms with van der Waals surface area (Å²) in [6.07, 6.45) is 0.988. The fourth-order valence-electron chi connectivity index (χ4n) is 2.59. The van der Waals surface area contributed by atoms with Crippen LogP contribution in [0.15, 0.2) is 18.2 Å². The quantitative estimate of drug-likeness (QED) is 0.744. The number of nitrogens with zero attached hydrogens (tertiary/aromatic N) is 3. The summed E-state index contributed by atoms with van der Waals surface area (Å²) >= 11 is 12.0. The van der Waals surface area contributed by atoms with E-state index in [9.17, 15) is 14.4 Å². The minimum atomic E-state index is -0.196. The molecule has 130 valence electrons. The summed E-state index contributed by atoms with van der Waals surface area (Å²) < 4.78 is 0. The zero-order chi connectivity index (χ0) is 17.7. The summed E-state index contributed by atoms with van der Waals surface area (Å²) in [6.45, 7) is 3.77. The molecule has 1 aliphatic heterocycles. The maximum Gasteiger partial charge on any atom is 0.224 e. The van der Waals surface area contributed by atoms with Gasteiger partial charge >= 0.3 is 0 Å². The number of halogens is 2. The first-order valence-corrected chi connectivity index (χ1v) is 8.38. The summed E-state index contributed by atoms with van der Waals surface area (Å²) in [7, 11) is 0. The lowest BCUT2D eigenvalue weighted by atomic mass is 10.2. The highest BCUT2D eigenvalue weighted by molar-refractivity contribution is 6.36. The van der Waals surface area contributed by atoms with E-state index in [-0.39, 0.29) is 24.8 Å². The molecule has 1 aromatic rings. The average molecular weight is 372 g/mol. The number of hydrogen-bond donors (Lipinski definition) is 0. The lowest BCUT2D eigenvalue weighted by Gasteiger charge is -2.33. The van der Waals surface area contributed by atoms with E-state index in [0.717, 1.165) is 6.41 Å². The Kier molecular flexibility index (Phi) is 6.45. The lowest BCUT2D eigenvalue weighted by molar-refractivity contribution is -0.135. The van der Waals surface area contributed by atoms with E-state index in [4.69, 9.17) is 23.2 Å². The van der Waals surface area contributed by atoms with Crippen LogP contribution in [0.25, 0.3) is 0 Å². The first kappa shape index (κ1) is 18.5. The van der Waals surface area contributed by atoms with Gasteiger partial charge < -0.3 is 14.7 Å². The van der Waals surface area contributed by atoms with Crippen LogP contribution < -0.4 is 4.90 Å². The van der Waals surface area contributed by atoms with Crippen molar-refractivity contribution >= 4 is 47.1 Å². The molecule has 1 saturated heterocycles. The van der Waals surface area contributed by atoms with Gasteiger partial charge in [0.15, 0.2) is 0 Å². The minimum Gasteiger partial charge on any atom is -0.342 e. The van der Waals surface area contributed by atoms with Crippen molar-refractivity contribution in [1.29, 1.82) is 0 Å². The van der Waals surface area contributed by atoms with Crippen molar-refractivity contribution < 1.29 is 14.4 Å². The maximum atomic E-state index is 12.3. The van der Waals surface area contributed by atoms with E-state index >= 15 is 0 Å². The van der Waals surface area contributed by atoms with Gasteiger partial charge in [-0.15, -0.1) is 0 Å². The number of benzene rings is 1. The van der Waals surface area contributed by atoms with Crippen LogP contribution in [0.5, 0.6) is 0 Å². The normalized spacial score (nSPS) is 14.5. The monoisotopic (exact) mass is 371 g/mol. The zero-order valence-electron chi connectivity index (χ0n) is 13.4. The van der Waals surface area contributed by atoms with Gasteiger partial charge in [0.05, 0.1) is 10.7 Å². The highest BCUT2D eigenvalue weighted by Gasteiger charge is 2.22. The van der Waals surface area contributed by atoms with Gasteiger partial charge in [-0.2, -0.15) is 0 Å². The number of piperazine rings is 1. The minimum absolute atomic E-state index is 0.0446. The molecule has 0 unspecified atom stereocenters. The van der Waals surface area contributed by atoms with E-state index in [1.54, 1.807) is 28.0 Å². The van der Waals surface area contributed by atoms with Crippen molar-refractivity contribution in [3.05, 3.63) is 28.2 Å². The molecular weight excluding hydrogens is 353 g/mol. The van der Waals surface area contributed by atoms with Crippen LogP contribution in [-0.2, 0) is 14.4 Å². The topological polar surface area (TPSA) is 60.9 Å². The molecule has 0 aliphatic carbocycles. The number of carbonyl (C=O) groups excluding carboxylic acids is 3. The van der Waals surface area contributed by atoms with E-state index in [2.05, 4.69) is 0 Å². The van der Waals surface area contributed by atoms with Crippen molar-refractivity contribution in [2.24, 2.45) is 0 Å². The largest absolute Gasteiger partial charge is 0.342 e. The fraction of sp³-hybridized carbons (Fsp3) is 0.438. The second-order valence-corrected chi connectivity index (χ2v) is 6.38. The molecule has 1 aliphatic rings. The third kappa shape index (κ3) is 4.61. The molecule has 8 heteroatoms. The van der Waals surface area contributed by atoms with E-state index in [1.807, 2.05) is 0 Å². The van der Waals surface area contributed by atoms with Crippen molar-refractivity contribution in [2.45, 2.75) is 13.3 Å². The third-order valence-corrected chi connectivity index (χ3v) is 4.48. The number of amides is 3. The predicted molar refractivity (Wildman–Crippen MR) is 93.3 cm³/mol. The van der Waals surface area contributed by atoms with Crippen molar-refractivity contribution in [3.63, 3.8) is 0 Å². The molecule has 3 amide bonds. The van der Waals surface area contributed by atoms with E-state index < -0.39 is 0 Å². The van der Waals surface area contributed by atoms with Crippen LogP contribution in [0, 0.1) is 0 Å². The standard InChI is InChI=1S/C16H19Cl2N3O3/c1-12(23)21(15-3-2-13(17)10-14(15)18)5-4-16(24)20-8-6-19(11-22)7-9-20/h2-3,10-11H,4-9H2,1H3. The number of anilines is 1. The first-order valence-electron chi connectivity index (χ1n) is 7.62. The van der Waals surface area contributed by atoms with E-state index in [1.165, 1.54) is 11.8 Å². The summed E-state index contributed by atoms with van der Waals surface area (Å²) in [6, 6.07) is 4.88. The summed E-state index contributed by atoms with van der Waals surface area (Å²) in [5.74, 6) is -0.241. The van der Waals surface area contributed by atoms with Gasteiger partial charge in [-0.05, 0) is 18.2 Å². The van der Waals surface area contributed by atoms with Gasteiger partial charge in [-0.25, -0.2) is 0 Å². The van der Waals surface area contributed by atoms with Crippen LogP contribution in [0.3, 0.4) is 0 Å². The molecule has 6 nitrogen and oxygen atoms in total. The molecule has 0 atom stereocenters. The lowest BCUT2D eigenvalue weighted by Crippen LogP contribution is -2.48. The third-order valence-electron chi connectivity index (χ3n) is 3.95. The van der Waals surface area contributed by atoms with E-state index in [0.29, 0.717) is 41.9 Å². The molecule has 0 spiro atoms. The van der Waals surface area contributed by atoms with Gasteiger partial charge in [0.1, 0.15) is 0 Å². The van der Waals surface area contributed by atoms with Gasteiger partial charge in [0.25, 0.3) is 0 Å². The van der Waals surface area contributed by atoms with Gasteiger partial charge in [0.2, 0.25) is 18.2 Å². The molecule has 0 bridgehead atoms. The van der Waals surface area contributed by atoms with Crippen LogP contribution in [0.4, 0.5) is 5.69 Å². The highest BCUT2D eigenvalue weighted by atomic mass is 35.5. The maximum absolute atomic E-state index is 12.3. The second kappa shape index (κ2) is 8.35. The Morgan fingerprint density at radius 3 is 2.42 bits per heavy atom. The molecule has 0 radical (unpaired) electrons. The Bertz CT molecular complexity index is 631. The van der Waals surface area contributed by atoms with Crippen LogP contribution >= 0.6 is 23.2 Å².